The SMILES string of the molecule is O=C(Cn1ccc2ccccc21)NCc1nn(Cc2ccccn2)c(=O)c2ccccc12. The van der Waals surface area contributed by atoms with E-state index >= 15 is 0 Å². The van der Waals surface area contributed by atoms with Crippen molar-refractivity contribution in [2.45, 2.75) is 19.6 Å². The lowest BCUT2D eigenvalue weighted by Crippen LogP contribution is -2.30. The lowest BCUT2D eigenvalue weighted by Gasteiger charge is -2.12. The summed E-state index contributed by atoms with van der Waals surface area (Å²) in [5.74, 6) is -0.125. The number of hydrogen-bond acceptors (Lipinski definition) is 4. The van der Waals surface area contributed by atoms with Crippen LogP contribution in [0.3, 0.4) is 0 Å². The Morgan fingerprint density at radius 1 is 0.906 bits per heavy atom. The first kappa shape index (κ1) is 19.7. The van der Waals surface area contributed by atoms with Crippen molar-refractivity contribution < 1.29 is 4.79 Å². The fourth-order valence-electron chi connectivity index (χ4n) is 3.86. The minimum atomic E-state index is -0.180. The van der Waals surface area contributed by atoms with E-state index in [0.29, 0.717) is 11.1 Å². The zero-order chi connectivity index (χ0) is 21.9. The van der Waals surface area contributed by atoms with Crippen molar-refractivity contribution in [1.82, 2.24) is 24.6 Å². The number of pyridine rings is 1. The maximum atomic E-state index is 12.9. The predicted molar refractivity (Wildman–Crippen MR) is 123 cm³/mol. The molecule has 0 aliphatic heterocycles. The van der Waals surface area contributed by atoms with Crippen LogP contribution in [-0.4, -0.2) is 25.2 Å². The molecule has 0 radical (unpaired) electrons. The second-order valence-corrected chi connectivity index (χ2v) is 7.56. The summed E-state index contributed by atoms with van der Waals surface area (Å²) >= 11 is 0. The van der Waals surface area contributed by atoms with Crippen molar-refractivity contribution >= 4 is 27.6 Å². The van der Waals surface area contributed by atoms with Crippen LogP contribution in [0.25, 0.3) is 21.7 Å². The number of aromatic nitrogens is 4. The van der Waals surface area contributed by atoms with Crippen molar-refractivity contribution in [3.63, 3.8) is 0 Å². The van der Waals surface area contributed by atoms with E-state index in [0.717, 1.165) is 22.0 Å². The van der Waals surface area contributed by atoms with Gasteiger partial charge in [0.05, 0.1) is 29.9 Å². The number of hydrogen-bond donors (Lipinski definition) is 1. The van der Waals surface area contributed by atoms with Crippen LogP contribution >= 0.6 is 0 Å². The fourth-order valence-corrected chi connectivity index (χ4v) is 3.86. The third-order valence-electron chi connectivity index (χ3n) is 5.43. The Morgan fingerprint density at radius 2 is 1.69 bits per heavy atom. The van der Waals surface area contributed by atoms with Gasteiger partial charge in [-0.05, 0) is 35.7 Å². The van der Waals surface area contributed by atoms with E-state index < -0.39 is 0 Å². The molecule has 0 saturated carbocycles. The van der Waals surface area contributed by atoms with Crippen LogP contribution in [0.2, 0.25) is 0 Å². The Balaban J connectivity index is 1.40. The molecule has 0 atom stereocenters. The molecule has 3 heterocycles. The molecule has 1 amide bonds. The van der Waals surface area contributed by atoms with Crippen LogP contribution < -0.4 is 10.9 Å². The van der Waals surface area contributed by atoms with Gasteiger partial charge in [0.25, 0.3) is 5.56 Å². The summed E-state index contributed by atoms with van der Waals surface area (Å²) in [4.78, 5) is 29.9. The first-order valence-corrected chi connectivity index (χ1v) is 10.4. The molecule has 0 fully saturated rings. The minimum absolute atomic E-state index is 0.125. The van der Waals surface area contributed by atoms with Gasteiger partial charge in [-0.15, -0.1) is 0 Å². The molecule has 3 aromatic heterocycles. The Bertz CT molecular complexity index is 1470. The fraction of sp³-hybridized carbons (Fsp3) is 0.120. The maximum Gasteiger partial charge on any atom is 0.275 e. The molecule has 0 unspecified atom stereocenters. The van der Waals surface area contributed by atoms with Crippen LogP contribution in [0.5, 0.6) is 0 Å². The molecule has 7 nitrogen and oxygen atoms in total. The van der Waals surface area contributed by atoms with Gasteiger partial charge in [-0.2, -0.15) is 5.10 Å². The lowest BCUT2D eigenvalue weighted by molar-refractivity contribution is -0.121. The van der Waals surface area contributed by atoms with Crippen LogP contribution in [0, 0.1) is 0 Å². The molecule has 0 saturated heterocycles. The van der Waals surface area contributed by atoms with E-state index in [9.17, 15) is 9.59 Å². The quantitative estimate of drug-likeness (QED) is 0.455. The second kappa shape index (κ2) is 8.47. The molecule has 0 bridgehead atoms. The summed E-state index contributed by atoms with van der Waals surface area (Å²) in [6.07, 6.45) is 3.60. The largest absolute Gasteiger partial charge is 0.349 e. The average Bonchev–Trinajstić information content (AvgIpc) is 3.23. The van der Waals surface area contributed by atoms with Crippen LogP contribution in [-0.2, 0) is 24.4 Å². The minimum Gasteiger partial charge on any atom is -0.349 e. The van der Waals surface area contributed by atoms with Gasteiger partial charge in [-0.3, -0.25) is 14.6 Å². The van der Waals surface area contributed by atoms with Crippen molar-refractivity contribution in [2.24, 2.45) is 0 Å². The van der Waals surface area contributed by atoms with Gasteiger partial charge in [0, 0.05) is 23.3 Å². The third-order valence-corrected chi connectivity index (χ3v) is 5.43. The number of benzene rings is 2. The molecule has 0 aliphatic rings. The number of para-hydroxylation sites is 1. The topological polar surface area (TPSA) is 81.8 Å². The van der Waals surface area contributed by atoms with Gasteiger partial charge in [0.1, 0.15) is 6.54 Å². The smallest absolute Gasteiger partial charge is 0.275 e. The zero-order valence-electron chi connectivity index (χ0n) is 17.3. The van der Waals surface area contributed by atoms with Gasteiger partial charge in [-0.25, -0.2) is 4.68 Å². The normalized spacial score (nSPS) is 11.1. The van der Waals surface area contributed by atoms with Gasteiger partial charge in [0.15, 0.2) is 0 Å². The zero-order valence-corrected chi connectivity index (χ0v) is 17.3. The van der Waals surface area contributed by atoms with E-state index in [1.807, 2.05) is 77.5 Å². The van der Waals surface area contributed by atoms with Gasteiger partial charge in [0.2, 0.25) is 5.91 Å². The highest BCUT2D eigenvalue weighted by Gasteiger charge is 2.13. The van der Waals surface area contributed by atoms with E-state index in [1.165, 1.54) is 4.68 Å². The summed E-state index contributed by atoms with van der Waals surface area (Å²) in [5, 5.41) is 9.91. The van der Waals surface area contributed by atoms with Crippen LogP contribution in [0.1, 0.15) is 11.4 Å². The van der Waals surface area contributed by atoms with Crippen molar-refractivity contribution in [2.75, 3.05) is 0 Å². The number of fused-ring (bicyclic) bond motifs is 2. The van der Waals surface area contributed by atoms with Crippen LogP contribution in [0.4, 0.5) is 0 Å². The molecule has 0 aliphatic carbocycles. The molecular formula is C25H21N5O2. The second-order valence-electron chi connectivity index (χ2n) is 7.56. The number of nitrogens with zero attached hydrogens (tertiary/aromatic N) is 4. The molecule has 1 N–H and O–H groups in total. The Labute approximate surface area is 183 Å². The third kappa shape index (κ3) is 3.88. The molecule has 158 valence electrons. The summed E-state index contributed by atoms with van der Waals surface area (Å²) in [6, 6.07) is 22.8. The number of amides is 1. The van der Waals surface area contributed by atoms with Gasteiger partial charge < -0.3 is 9.88 Å². The number of carbonyl (C=O) groups is 1. The average molecular weight is 423 g/mol. The number of nitrogens with one attached hydrogen (secondary N) is 1. The highest BCUT2D eigenvalue weighted by molar-refractivity contribution is 5.85. The summed E-state index contributed by atoms with van der Waals surface area (Å²) in [5.41, 5.74) is 2.21. The van der Waals surface area contributed by atoms with Crippen molar-refractivity contribution in [3.05, 3.63) is 107 Å². The summed E-state index contributed by atoms with van der Waals surface area (Å²) in [6.45, 7) is 0.695. The molecule has 5 aromatic rings. The predicted octanol–water partition coefficient (Wildman–Crippen LogP) is 3.11. The monoisotopic (exact) mass is 423 g/mol. The summed E-state index contributed by atoms with van der Waals surface area (Å²) in [7, 11) is 0. The molecule has 5 rings (SSSR count). The highest BCUT2D eigenvalue weighted by atomic mass is 16.2. The van der Waals surface area contributed by atoms with Gasteiger partial charge >= 0.3 is 0 Å². The van der Waals surface area contributed by atoms with Crippen molar-refractivity contribution in [3.8, 4) is 0 Å². The Kier molecular flexibility index (Phi) is 5.21. The highest BCUT2D eigenvalue weighted by Crippen LogP contribution is 2.16. The first-order chi connectivity index (χ1) is 15.7. The van der Waals surface area contributed by atoms with E-state index in [4.69, 9.17) is 0 Å². The van der Waals surface area contributed by atoms with E-state index in [2.05, 4.69) is 15.4 Å². The van der Waals surface area contributed by atoms with Crippen LogP contribution in [0.15, 0.2) is 90.0 Å². The molecule has 7 heteroatoms. The van der Waals surface area contributed by atoms with E-state index in [1.54, 1.807) is 12.3 Å². The maximum absolute atomic E-state index is 12.9. The first-order valence-electron chi connectivity index (χ1n) is 10.4. The molecule has 0 spiro atoms. The number of carbonyl (C=O) groups excluding carboxylic acids is 1. The number of rotatable bonds is 6. The lowest BCUT2D eigenvalue weighted by atomic mass is 10.1. The van der Waals surface area contributed by atoms with E-state index in [-0.39, 0.29) is 31.1 Å². The summed E-state index contributed by atoms with van der Waals surface area (Å²) < 4.78 is 3.32. The molecular weight excluding hydrogens is 402 g/mol. The Morgan fingerprint density at radius 3 is 2.53 bits per heavy atom. The van der Waals surface area contributed by atoms with Gasteiger partial charge in [-0.1, -0.05) is 42.5 Å². The Hall–Kier alpha value is -4.26. The molecule has 32 heavy (non-hydrogen) atoms. The molecule has 2 aromatic carbocycles. The standard InChI is InChI=1S/C25H21N5O2/c31-24(17-29-14-12-18-7-1-4-11-23(18)29)27-15-22-20-9-2-3-10-21(20)25(32)30(28-22)16-19-8-5-6-13-26-19/h1-14H,15-17H2,(H,27,31). The van der Waals surface area contributed by atoms with Crippen molar-refractivity contribution in [1.29, 1.82) is 0 Å².